The average Bonchev–Trinajstić information content (AvgIpc) is 2.75. The molecule has 0 aromatic heterocycles. The van der Waals surface area contributed by atoms with E-state index in [0.717, 1.165) is 12.8 Å². The summed E-state index contributed by atoms with van der Waals surface area (Å²) in [5, 5.41) is 0. The topological polar surface area (TPSA) is 43.4 Å². The number of nitrogens with zero attached hydrogens (tertiary/aromatic N) is 1. The van der Waals surface area contributed by atoms with Crippen molar-refractivity contribution in [3.63, 3.8) is 0 Å². The molecule has 0 bridgehead atoms. The fourth-order valence-corrected chi connectivity index (χ4v) is 11.5. The van der Waals surface area contributed by atoms with Gasteiger partial charge in [-0.15, -0.1) is 0 Å². The Kier molecular flexibility index (Phi) is 9.59. The molecule has 3 atom stereocenters. The van der Waals surface area contributed by atoms with Gasteiger partial charge >= 0.3 is 10.8 Å². The van der Waals surface area contributed by atoms with Crippen LogP contribution >= 0.6 is 14.7 Å². The summed E-state index contributed by atoms with van der Waals surface area (Å²) in [5.74, 6) is -0.0326. The quantitative estimate of drug-likeness (QED) is 0.286. The Labute approximate surface area is 157 Å². The number of carbonyl (C=O) groups excluding carboxylic acids is 1. The molecule has 23 heavy (non-hydrogen) atoms. The van der Waals surface area contributed by atoms with E-state index < -0.39 is 21.0 Å². The van der Waals surface area contributed by atoms with Crippen molar-refractivity contribution in [3.8, 4) is 0 Å². The van der Waals surface area contributed by atoms with Crippen molar-refractivity contribution in [3.05, 3.63) is 0 Å². The first-order valence-corrected chi connectivity index (χ1v) is 13.9. The van der Waals surface area contributed by atoms with Crippen molar-refractivity contribution in [2.24, 2.45) is 0 Å². The summed E-state index contributed by atoms with van der Waals surface area (Å²) in [7, 11) is 0.0230. The third kappa shape index (κ3) is 3.99. The smallest absolute Gasteiger partial charge is 0.419 e. The Morgan fingerprint density at radius 1 is 1.04 bits per heavy atom. The maximum Gasteiger partial charge on any atom is 0.419 e. The summed E-state index contributed by atoms with van der Waals surface area (Å²) in [4.78, 5) is 12.3. The Balaban J connectivity index is 2.85. The van der Waals surface area contributed by atoms with Crippen LogP contribution in [0, 0.1) is 0 Å². The van der Waals surface area contributed by atoms with Crippen molar-refractivity contribution in [1.29, 1.82) is 0 Å². The molecule has 1 aliphatic heterocycles. The zero-order valence-corrected chi connectivity index (χ0v) is 18.8. The lowest BCUT2D eigenvalue weighted by Crippen LogP contribution is -2.48. The summed E-state index contributed by atoms with van der Waals surface area (Å²) in [6, 6.07) is 0. The second-order valence-electron chi connectivity index (χ2n) is 6.08. The van der Waals surface area contributed by atoms with E-state index in [2.05, 4.69) is 6.92 Å². The van der Waals surface area contributed by atoms with E-state index in [1.54, 1.807) is 4.31 Å². The normalized spacial score (nSPS) is 27.2. The molecule has 0 saturated carbocycles. The first-order chi connectivity index (χ1) is 11.0. The molecule has 132 valence electrons. The van der Waals surface area contributed by atoms with Gasteiger partial charge < -0.3 is 4.55 Å². The molecule has 1 saturated heterocycles. The SMILES string of the molecule is CCCCCCCCN1C(=O)C([PH+]=S)([PH+]=S)C(CC)(CC)[S+]1[O-]. The van der Waals surface area contributed by atoms with E-state index in [-0.39, 0.29) is 20.6 Å². The molecule has 1 fully saturated rings. The molecular weight excluding hydrogens is 384 g/mol. The number of hydrogen-bond donors (Lipinski definition) is 0. The van der Waals surface area contributed by atoms with Gasteiger partial charge in [0.15, 0.2) is 23.6 Å². The van der Waals surface area contributed by atoms with Gasteiger partial charge in [0, 0.05) is 12.8 Å². The lowest BCUT2D eigenvalue weighted by atomic mass is 9.96. The van der Waals surface area contributed by atoms with Crippen LogP contribution in [0.5, 0.6) is 0 Å². The molecule has 0 N–H and O–H groups in total. The lowest BCUT2D eigenvalue weighted by molar-refractivity contribution is -0.126. The molecular formula is C15H29NO2P2S3+2. The van der Waals surface area contributed by atoms with Crippen LogP contribution in [0.25, 0.3) is 0 Å². The van der Waals surface area contributed by atoms with E-state index >= 15 is 0 Å². The van der Waals surface area contributed by atoms with Crippen molar-refractivity contribution < 1.29 is 9.35 Å². The van der Waals surface area contributed by atoms with Crippen LogP contribution in [0.2, 0.25) is 0 Å². The first-order valence-electron chi connectivity index (χ1n) is 8.53. The number of amides is 1. The zero-order chi connectivity index (χ0) is 17.5. The maximum absolute atomic E-state index is 13.1. The number of hydrogen-bond acceptors (Lipinski definition) is 4. The number of carbonyl (C=O) groups is 1. The molecule has 1 rings (SSSR count). The molecule has 8 heteroatoms. The molecule has 3 unspecified atom stereocenters. The largest absolute Gasteiger partial charge is 0.592 e. The van der Waals surface area contributed by atoms with Gasteiger partial charge in [-0.1, -0.05) is 52.9 Å². The van der Waals surface area contributed by atoms with E-state index in [1.165, 1.54) is 25.7 Å². The molecule has 0 aliphatic carbocycles. The van der Waals surface area contributed by atoms with E-state index in [1.807, 2.05) is 13.8 Å². The van der Waals surface area contributed by atoms with Crippen LogP contribution in [-0.2, 0) is 39.8 Å². The van der Waals surface area contributed by atoms with Crippen molar-refractivity contribution in [2.75, 3.05) is 6.54 Å². The number of unbranched alkanes of at least 4 members (excludes halogenated alkanes) is 5. The van der Waals surface area contributed by atoms with Crippen LogP contribution in [0.1, 0.15) is 72.1 Å². The average molecular weight is 414 g/mol. The Bertz CT molecular complexity index is 425. The third-order valence-corrected chi connectivity index (χ3v) is 13.3. The van der Waals surface area contributed by atoms with Gasteiger partial charge in [0.2, 0.25) is 19.5 Å². The highest BCUT2D eigenvalue weighted by molar-refractivity contribution is 8.08. The second-order valence-corrected chi connectivity index (χ2v) is 11.4. The van der Waals surface area contributed by atoms with Gasteiger partial charge in [-0.2, -0.15) is 4.31 Å². The minimum absolute atomic E-state index is 0.0115. The van der Waals surface area contributed by atoms with Gasteiger partial charge in [-0.25, -0.2) is 0 Å². The van der Waals surface area contributed by atoms with Crippen molar-refractivity contribution in [2.45, 2.75) is 81.8 Å². The lowest BCUT2D eigenvalue weighted by Gasteiger charge is -2.28. The van der Waals surface area contributed by atoms with Crippen molar-refractivity contribution in [1.82, 2.24) is 4.31 Å². The van der Waals surface area contributed by atoms with E-state index in [4.69, 9.17) is 23.6 Å². The van der Waals surface area contributed by atoms with Crippen LogP contribution in [0.15, 0.2) is 0 Å². The van der Waals surface area contributed by atoms with Gasteiger partial charge in [0.05, 0.1) is 17.9 Å². The Morgan fingerprint density at radius 3 is 2.00 bits per heavy atom. The monoisotopic (exact) mass is 413 g/mol. The third-order valence-electron chi connectivity index (χ3n) is 4.93. The molecule has 0 aromatic carbocycles. The molecule has 0 spiro atoms. The molecule has 0 radical (unpaired) electrons. The highest BCUT2D eigenvalue weighted by Gasteiger charge is 2.82. The summed E-state index contributed by atoms with van der Waals surface area (Å²) >= 11 is 9.41. The predicted molar refractivity (Wildman–Crippen MR) is 111 cm³/mol. The van der Waals surface area contributed by atoms with E-state index in [9.17, 15) is 9.35 Å². The Hall–Kier alpha value is 0.820. The maximum atomic E-state index is 13.1. The first kappa shape index (κ1) is 21.9. The predicted octanol–water partition coefficient (Wildman–Crippen LogP) is 4.39. The van der Waals surface area contributed by atoms with Gasteiger partial charge in [0.25, 0.3) is 0 Å². The van der Waals surface area contributed by atoms with E-state index in [0.29, 0.717) is 19.4 Å². The molecule has 1 amide bonds. The zero-order valence-electron chi connectivity index (χ0n) is 14.4. The van der Waals surface area contributed by atoms with Gasteiger partial charge in [0.1, 0.15) is 0 Å². The van der Waals surface area contributed by atoms with Gasteiger partial charge in [-0.3, -0.25) is 4.79 Å². The molecule has 1 heterocycles. The summed E-state index contributed by atoms with van der Waals surface area (Å²) in [6.45, 7) is 6.82. The molecule has 3 nitrogen and oxygen atoms in total. The van der Waals surface area contributed by atoms with Crippen molar-refractivity contribution >= 4 is 55.6 Å². The summed E-state index contributed by atoms with van der Waals surface area (Å²) < 4.78 is 14.2. The minimum atomic E-state index is -1.30. The molecule has 1 aliphatic rings. The summed E-state index contributed by atoms with van der Waals surface area (Å²) in [5.41, 5.74) is 0. The second kappa shape index (κ2) is 10.1. The van der Waals surface area contributed by atoms with Crippen LogP contribution < -0.4 is 0 Å². The Morgan fingerprint density at radius 2 is 1.57 bits per heavy atom. The highest BCUT2D eigenvalue weighted by atomic mass is 32.4. The summed E-state index contributed by atoms with van der Waals surface area (Å²) in [6.07, 6.45) is 8.32. The fourth-order valence-electron chi connectivity index (χ4n) is 3.34. The number of rotatable bonds is 11. The van der Waals surface area contributed by atoms with Gasteiger partial charge in [-0.05, 0) is 6.42 Å². The minimum Gasteiger partial charge on any atom is -0.592 e. The van der Waals surface area contributed by atoms with Crippen LogP contribution in [-0.4, -0.2) is 31.0 Å². The standard InChI is InChI=1S/C15H27NO2P2S3/c1-4-7-8-9-10-11-12-16-13(17)15(19-21,20-22)14(5-2,6-3)23(16)18/h4-12H2,1-3H3/p+2. The fraction of sp³-hybridized carbons (Fsp3) is 0.933. The molecule has 0 aromatic rings. The highest BCUT2D eigenvalue weighted by Crippen LogP contribution is 2.58. The van der Waals surface area contributed by atoms with Crippen LogP contribution in [0.3, 0.4) is 0 Å². The van der Waals surface area contributed by atoms with Crippen LogP contribution in [0.4, 0.5) is 0 Å².